The van der Waals surface area contributed by atoms with Gasteiger partial charge < -0.3 is 19.3 Å². The summed E-state index contributed by atoms with van der Waals surface area (Å²) >= 11 is 0. The molecule has 0 unspecified atom stereocenters. The summed E-state index contributed by atoms with van der Waals surface area (Å²) in [6, 6.07) is 22.6. The van der Waals surface area contributed by atoms with E-state index in [1.165, 1.54) is 0 Å². The molecule has 2 N–H and O–H groups in total. The highest BCUT2D eigenvalue weighted by atomic mass is 32.2. The van der Waals surface area contributed by atoms with E-state index in [0.29, 0.717) is 12.2 Å². The second-order valence-corrected chi connectivity index (χ2v) is 14.2. The Hall–Kier alpha value is -3.28. The average Bonchev–Trinajstić information content (AvgIpc) is 3.47. The molecule has 2 heterocycles. The maximum Gasteiger partial charge on any atom is 0.323 e. The molecule has 2 saturated heterocycles. The van der Waals surface area contributed by atoms with Crippen LogP contribution in [0.4, 0.5) is 5.69 Å². The number of hydrogen-bond donors (Lipinski definition) is 2. The van der Waals surface area contributed by atoms with Crippen molar-refractivity contribution in [2.24, 2.45) is 5.92 Å². The molecule has 9 nitrogen and oxygen atoms in total. The first-order valence-corrected chi connectivity index (χ1v) is 16.6. The third-order valence-electron chi connectivity index (χ3n) is 8.07. The zero-order valence-corrected chi connectivity index (χ0v) is 26.5. The van der Waals surface area contributed by atoms with Crippen molar-refractivity contribution in [1.29, 1.82) is 0 Å². The van der Waals surface area contributed by atoms with Crippen LogP contribution in [0, 0.1) is 5.92 Å². The predicted molar refractivity (Wildman–Crippen MR) is 167 cm³/mol. The highest BCUT2D eigenvalue weighted by Gasteiger charge is 2.42. The maximum atomic E-state index is 13.0. The number of carbonyl (C=O) groups is 1. The van der Waals surface area contributed by atoms with Crippen molar-refractivity contribution in [2.75, 3.05) is 17.8 Å². The third-order valence-corrected chi connectivity index (χ3v) is 9.47. The number of esters is 1. The van der Waals surface area contributed by atoms with Gasteiger partial charge >= 0.3 is 5.97 Å². The van der Waals surface area contributed by atoms with Gasteiger partial charge in [-0.2, -0.15) is 0 Å². The second-order valence-electron chi connectivity index (χ2n) is 12.5. The van der Waals surface area contributed by atoms with Crippen LogP contribution in [0.25, 0.3) is 0 Å². The Bertz CT molecular complexity index is 1510. The quantitative estimate of drug-likeness (QED) is 0.298. The van der Waals surface area contributed by atoms with Gasteiger partial charge in [-0.1, -0.05) is 61.5 Å². The maximum absolute atomic E-state index is 13.0. The molecule has 10 heteroatoms. The minimum Gasteiger partial charge on any atom is -0.459 e. The van der Waals surface area contributed by atoms with Crippen molar-refractivity contribution in [3.63, 3.8) is 0 Å². The number of hydrogen-bond acceptors (Lipinski definition) is 8. The minimum atomic E-state index is -3.73. The smallest absolute Gasteiger partial charge is 0.323 e. The van der Waals surface area contributed by atoms with Gasteiger partial charge in [-0.15, -0.1) is 0 Å². The topological polar surface area (TPSA) is 114 Å². The van der Waals surface area contributed by atoms with Crippen LogP contribution in [0.3, 0.4) is 0 Å². The molecule has 0 saturated carbocycles. The summed E-state index contributed by atoms with van der Waals surface area (Å²) < 4.78 is 47.1. The largest absolute Gasteiger partial charge is 0.459 e. The normalized spacial score (nSPS) is 24.6. The molecule has 0 spiro atoms. The number of rotatable bonds is 9. The number of ether oxygens (including phenoxy) is 3. The van der Waals surface area contributed by atoms with Crippen LogP contribution in [0.5, 0.6) is 0 Å². The first-order chi connectivity index (χ1) is 20.9. The summed E-state index contributed by atoms with van der Waals surface area (Å²) in [4.78, 5) is 15.4. The van der Waals surface area contributed by atoms with Crippen LogP contribution in [0.2, 0.25) is 0 Å². The van der Waals surface area contributed by atoms with E-state index in [-0.39, 0.29) is 41.6 Å². The lowest BCUT2D eigenvalue weighted by atomic mass is 9.90. The first kappa shape index (κ1) is 32.1. The zero-order chi connectivity index (χ0) is 31.5. The molecule has 5 rings (SSSR count). The van der Waals surface area contributed by atoms with E-state index in [0.717, 1.165) is 36.1 Å². The van der Waals surface area contributed by atoms with Gasteiger partial charge in [0.05, 0.1) is 23.7 Å². The van der Waals surface area contributed by atoms with E-state index in [9.17, 15) is 18.3 Å². The van der Waals surface area contributed by atoms with Crippen LogP contribution < -0.4 is 4.72 Å². The molecule has 0 aromatic heterocycles. The number of anilines is 1. The lowest BCUT2D eigenvalue weighted by Crippen LogP contribution is -2.48. The molecule has 44 heavy (non-hydrogen) atoms. The van der Waals surface area contributed by atoms with Gasteiger partial charge in [0, 0.05) is 23.7 Å². The van der Waals surface area contributed by atoms with E-state index in [4.69, 9.17) is 14.2 Å². The molecule has 2 aliphatic rings. The van der Waals surface area contributed by atoms with Gasteiger partial charge in [0.1, 0.15) is 11.6 Å². The molecule has 2 fully saturated rings. The number of aliphatic hydroxyl groups is 1. The fourth-order valence-corrected chi connectivity index (χ4v) is 6.84. The van der Waals surface area contributed by atoms with Crippen molar-refractivity contribution in [2.45, 2.75) is 82.2 Å². The zero-order valence-electron chi connectivity index (χ0n) is 25.7. The second kappa shape index (κ2) is 13.4. The van der Waals surface area contributed by atoms with E-state index in [1.807, 2.05) is 45.0 Å². The van der Waals surface area contributed by atoms with Gasteiger partial charge in [0.15, 0.2) is 6.29 Å². The standard InChI is InChI=1S/C34H42N2O7S/c1-23-30(21-36-20-8-11-29(36)32(38)43-34(2,3)4)41-33(42-31(23)25-14-12-24(22-37)13-15-25)26-16-18-27(19-17-26)35-44(39,40)28-9-6-5-7-10-28/h5-7,9-10,12-19,23,29-31,33,35,37H,8,11,20-22H2,1-4H3/t23-,29-,30+,31+,33+/m0/s1. The molecular formula is C34H42N2O7S. The highest BCUT2D eigenvalue weighted by molar-refractivity contribution is 7.92. The van der Waals surface area contributed by atoms with Crippen LogP contribution in [0.15, 0.2) is 83.8 Å². The van der Waals surface area contributed by atoms with E-state index < -0.39 is 21.9 Å². The Morgan fingerprint density at radius 2 is 1.64 bits per heavy atom. The Balaban J connectivity index is 1.37. The van der Waals surface area contributed by atoms with Gasteiger partial charge in [0.25, 0.3) is 10.0 Å². The summed E-state index contributed by atoms with van der Waals surface area (Å²) in [5, 5.41) is 9.54. The van der Waals surface area contributed by atoms with E-state index in [2.05, 4.69) is 16.5 Å². The van der Waals surface area contributed by atoms with E-state index >= 15 is 0 Å². The molecule has 0 bridgehead atoms. The summed E-state index contributed by atoms with van der Waals surface area (Å²) in [7, 11) is -3.73. The fraction of sp³-hybridized carbons (Fsp3) is 0.441. The van der Waals surface area contributed by atoms with Crippen LogP contribution in [-0.2, 0) is 35.6 Å². The monoisotopic (exact) mass is 622 g/mol. The molecule has 3 aromatic rings. The van der Waals surface area contributed by atoms with Crippen molar-refractivity contribution >= 4 is 21.7 Å². The lowest BCUT2D eigenvalue weighted by molar-refractivity contribution is -0.276. The Morgan fingerprint density at radius 1 is 0.977 bits per heavy atom. The van der Waals surface area contributed by atoms with Crippen LogP contribution in [0.1, 0.15) is 69.6 Å². The van der Waals surface area contributed by atoms with Gasteiger partial charge in [0.2, 0.25) is 0 Å². The molecule has 2 aliphatic heterocycles. The minimum absolute atomic E-state index is 0.0445. The van der Waals surface area contributed by atoms with E-state index in [1.54, 1.807) is 54.6 Å². The number of nitrogens with one attached hydrogen (secondary N) is 1. The van der Waals surface area contributed by atoms with Crippen molar-refractivity contribution in [1.82, 2.24) is 4.90 Å². The number of sulfonamides is 1. The third kappa shape index (κ3) is 7.68. The summed E-state index contributed by atoms with van der Waals surface area (Å²) in [6.45, 7) is 8.98. The van der Waals surface area contributed by atoms with Gasteiger partial charge in [-0.25, -0.2) is 8.42 Å². The average molecular weight is 623 g/mol. The van der Waals surface area contributed by atoms with Crippen molar-refractivity contribution in [3.05, 3.63) is 95.6 Å². The summed E-state index contributed by atoms with van der Waals surface area (Å²) in [5.41, 5.74) is 2.38. The molecule has 0 aliphatic carbocycles. The number of likely N-dealkylation sites (tertiary alicyclic amines) is 1. The number of carbonyl (C=O) groups excluding carboxylic acids is 1. The molecule has 5 atom stereocenters. The van der Waals surface area contributed by atoms with Crippen molar-refractivity contribution in [3.8, 4) is 0 Å². The van der Waals surface area contributed by atoms with Gasteiger partial charge in [-0.3, -0.25) is 14.4 Å². The lowest BCUT2D eigenvalue weighted by Gasteiger charge is -2.43. The predicted octanol–water partition coefficient (Wildman–Crippen LogP) is 5.58. The summed E-state index contributed by atoms with van der Waals surface area (Å²) in [6.07, 6.45) is 0.335. The van der Waals surface area contributed by atoms with Crippen molar-refractivity contribution < 1.29 is 32.5 Å². The SMILES string of the molecule is C[C@H]1[C@@H](CN2CCC[C@H]2C(=O)OC(C)(C)C)O[C@@H](c2ccc(NS(=O)(=O)c3ccccc3)cc2)O[C@H]1c1ccc(CO)cc1. The van der Waals surface area contributed by atoms with Crippen LogP contribution >= 0.6 is 0 Å². The van der Waals surface area contributed by atoms with Gasteiger partial charge in [-0.05, 0) is 75.5 Å². The number of aliphatic hydroxyl groups excluding tert-OH is 1. The highest BCUT2D eigenvalue weighted by Crippen LogP contribution is 2.42. The molecule has 0 radical (unpaired) electrons. The molecular weight excluding hydrogens is 580 g/mol. The summed E-state index contributed by atoms with van der Waals surface area (Å²) in [5.74, 6) is -0.265. The van der Waals surface area contributed by atoms with Crippen LogP contribution in [-0.4, -0.2) is 55.2 Å². The fourth-order valence-electron chi connectivity index (χ4n) is 5.76. The Labute approximate surface area is 260 Å². The Kier molecular flexibility index (Phi) is 9.77. The molecule has 3 aromatic carbocycles. The molecule has 0 amide bonds. The number of nitrogens with zero attached hydrogens (tertiary/aromatic N) is 1. The molecule has 236 valence electrons. The first-order valence-electron chi connectivity index (χ1n) is 15.1. The Morgan fingerprint density at radius 3 is 2.27 bits per heavy atom. The number of benzene rings is 3.